The van der Waals surface area contributed by atoms with E-state index in [0.29, 0.717) is 5.46 Å². The predicted molar refractivity (Wildman–Crippen MR) is 92.1 cm³/mol. The maximum atomic E-state index is 9.26. The van der Waals surface area contributed by atoms with Crippen LogP contribution in [0.4, 0.5) is 0 Å². The first-order valence-corrected chi connectivity index (χ1v) is 7.34. The standard InChI is InChI=1S/C18H14BClO2/c20-18-10-8-14(9-11-18)13-4-6-15(7-5-13)16-2-1-3-17(12-16)19(21)22/h1-12,21-22H. The van der Waals surface area contributed by atoms with Crippen molar-refractivity contribution in [3.05, 3.63) is 77.8 Å². The molecule has 0 aromatic heterocycles. The fraction of sp³-hybridized carbons (Fsp3) is 0. The van der Waals surface area contributed by atoms with Crippen molar-refractivity contribution in [2.75, 3.05) is 0 Å². The maximum Gasteiger partial charge on any atom is 0.488 e. The van der Waals surface area contributed by atoms with Crippen LogP contribution in [0.15, 0.2) is 72.8 Å². The van der Waals surface area contributed by atoms with Crippen LogP contribution in [0.1, 0.15) is 0 Å². The van der Waals surface area contributed by atoms with Crippen LogP contribution in [0, 0.1) is 0 Å². The lowest BCUT2D eigenvalue weighted by Crippen LogP contribution is -2.29. The van der Waals surface area contributed by atoms with E-state index in [1.807, 2.05) is 60.7 Å². The van der Waals surface area contributed by atoms with Gasteiger partial charge in [-0.25, -0.2) is 0 Å². The minimum absolute atomic E-state index is 0.485. The lowest BCUT2D eigenvalue weighted by atomic mass is 9.79. The number of rotatable bonds is 3. The highest BCUT2D eigenvalue weighted by Crippen LogP contribution is 2.25. The summed E-state index contributed by atoms with van der Waals surface area (Å²) < 4.78 is 0. The van der Waals surface area contributed by atoms with Crippen molar-refractivity contribution in [2.45, 2.75) is 0 Å². The van der Waals surface area contributed by atoms with E-state index in [4.69, 9.17) is 11.6 Å². The van der Waals surface area contributed by atoms with Gasteiger partial charge in [0, 0.05) is 5.02 Å². The van der Waals surface area contributed by atoms with Crippen LogP contribution < -0.4 is 5.46 Å². The van der Waals surface area contributed by atoms with Crippen LogP contribution in [0.3, 0.4) is 0 Å². The number of hydrogen-bond donors (Lipinski definition) is 2. The molecule has 2 nitrogen and oxygen atoms in total. The quantitative estimate of drug-likeness (QED) is 0.729. The molecule has 0 unspecified atom stereocenters. The molecule has 3 aromatic rings. The van der Waals surface area contributed by atoms with E-state index in [-0.39, 0.29) is 0 Å². The minimum Gasteiger partial charge on any atom is -0.423 e. The fourth-order valence-corrected chi connectivity index (χ4v) is 2.50. The summed E-state index contributed by atoms with van der Waals surface area (Å²) in [6.45, 7) is 0. The van der Waals surface area contributed by atoms with E-state index >= 15 is 0 Å². The van der Waals surface area contributed by atoms with Crippen molar-refractivity contribution in [2.24, 2.45) is 0 Å². The van der Waals surface area contributed by atoms with Crippen molar-refractivity contribution < 1.29 is 10.0 Å². The molecule has 0 aliphatic rings. The molecule has 22 heavy (non-hydrogen) atoms. The third-order valence-electron chi connectivity index (χ3n) is 3.58. The lowest BCUT2D eigenvalue weighted by molar-refractivity contribution is 0.426. The van der Waals surface area contributed by atoms with Crippen LogP contribution in [0.25, 0.3) is 22.3 Å². The van der Waals surface area contributed by atoms with Crippen molar-refractivity contribution in [1.29, 1.82) is 0 Å². The molecule has 3 rings (SSSR count). The topological polar surface area (TPSA) is 40.5 Å². The zero-order chi connectivity index (χ0) is 15.5. The Morgan fingerprint density at radius 1 is 0.636 bits per heavy atom. The van der Waals surface area contributed by atoms with Gasteiger partial charge in [0.25, 0.3) is 0 Å². The van der Waals surface area contributed by atoms with Crippen LogP contribution in [-0.2, 0) is 0 Å². The summed E-state index contributed by atoms with van der Waals surface area (Å²) in [6, 6.07) is 23.1. The molecular formula is C18H14BClO2. The molecule has 0 aliphatic heterocycles. The number of hydrogen-bond acceptors (Lipinski definition) is 2. The van der Waals surface area contributed by atoms with Gasteiger partial charge in [0.1, 0.15) is 0 Å². The molecule has 0 spiro atoms. The van der Waals surface area contributed by atoms with E-state index in [1.165, 1.54) is 0 Å². The van der Waals surface area contributed by atoms with E-state index in [1.54, 1.807) is 12.1 Å². The Morgan fingerprint density at radius 2 is 1.14 bits per heavy atom. The highest BCUT2D eigenvalue weighted by atomic mass is 35.5. The van der Waals surface area contributed by atoms with Crippen molar-refractivity contribution >= 4 is 24.2 Å². The Morgan fingerprint density at radius 3 is 1.68 bits per heavy atom. The zero-order valence-corrected chi connectivity index (χ0v) is 12.5. The first-order chi connectivity index (χ1) is 10.6. The second-order valence-electron chi connectivity index (χ2n) is 5.08. The maximum absolute atomic E-state index is 9.26. The SMILES string of the molecule is OB(O)c1cccc(-c2ccc(-c3ccc(Cl)cc3)cc2)c1. The molecule has 0 saturated carbocycles. The highest BCUT2D eigenvalue weighted by molar-refractivity contribution is 6.58. The Kier molecular flexibility index (Phi) is 4.30. The largest absolute Gasteiger partial charge is 0.488 e. The molecule has 0 heterocycles. The van der Waals surface area contributed by atoms with E-state index < -0.39 is 7.12 Å². The molecule has 3 aromatic carbocycles. The van der Waals surface area contributed by atoms with Gasteiger partial charge in [0.15, 0.2) is 0 Å². The lowest BCUT2D eigenvalue weighted by Gasteiger charge is -2.07. The normalized spacial score (nSPS) is 10.5. The summed E-state index contributed by atoms with van der Waals surface area (Å²) in [6.07, 6.45) is 0. The Balaban J connectivity index is 1.91. The summed E-state index contributed by atoms with van der Waals surface area (Å²) in [5.74, 6) is 0. The summed E-state index contributed by atoms with van der Waals surface area (Å²) in [5, 5.41) is 19.2. The van der Waals surface area contributed by atoms with Gasteiger partial charge in [-0.05, 0) is 39.8 Å². The first-order valence-electron chi connectivity index (χ1n) is 6.96. The van der Waals surface area contributed by atoms with E-state index in [9.17, 15) is 10.0 Å². The van der Waals surface area contributed by atoms with Gasteiger partial charge in [0.05, 0.1) is 0 Å². The fourth-order valence-electron chi connectivity index (χ4n) is 2.38. The molecule has 0 amide bonds. The average molecular weight is 309 g/mol. The molecule has 108 valence electrons. The van der Waals surface area contributed by atoms with Crippen LogP contribution in [0.5, 0.6) is 0 Å². The Bertz CT molecular complexity index is 768. The third kappa shape index (κ3) is 3.23. The van der Waals surface area contributed by atoms with Gasteiger partial charge in [-0.15, -0.1) is 0 Å². The first kappa shape index (κ1) is 14.9. The second kappa shape index (κ2) is 6.36. The van der Waals surface area contributed by atoms with Crippen LogP contribution in [-0.4, -0.2) is 17.2 Å². The van der Waals surface area contributed by atoms with Gasteiger partial charge >= 0.3 is 7.12 Å². The van der Waals surface area contributed by atoms with Crippen molar-refractivity contribution in [3.8, 4) is 22.3 Å². The summed E-state index contributed by atoms with van der Waals surface area (Å²) >= 11 is 5.90. The van der Waals surface area contributed by atoms with Gasteiger partial charge in [0.2, 0.25) is 0 Å². The molecule has 0 bridgehead atoms. The average Bonchev–Trinajstić information content (AvgIpc) is 2.56. The molecule has 0 aliphatic carbocycles. The van der Waals surface area contributed by atoms with Crippen molar-refractivity contribution in [1.82, 2.24) is 0 Å². The Labute approximate surface area is 134 Å². The molecule has 0 saturated heterocycles. The zero-order valence-electron chi connectivity index (χ0n) is 11.8. The van der Waals surface area contributed by atoms with Crippen molar-refractivity contribution in [3.63, 3.8) is 0 Å². The number of benzene rings is 3. The number of halogens is 1. The third-order valence-corrected chi connectivity index (χ3v) is 3.83. The van der Waals surface area contributed by atoms with Gasteiger partial charge < -0.3 is 10.0 Å². The minimum atomic E-state index is -1.45. The Hall–Kier alpha value is -2.07. The summed E-state index contributed by atoms with van der Waals surface area (Å²) in [5.41, 5.74) is 4.68. The molecule has 0 radical (unpaired) electrons. The molecule has 4 heteroatoms. The van der Waals surface area contributed by atoms with Crippen LogP contribution in [0.2, 0.25) is 5.02 Å². The van der Waals surface area contributed by atoms with E-state index in [2.05, 4.69) is 0 Å². The molecule has 0 atom stereocenters. The smallest absolute Gasteiger partial charge is 0.423 e. The van der Waals surface area contributed by atoms with E-state index in [0.717, 1.165) is 27.3 Å². The summed E-state index contributed by atoms with van der Waals surface area (Å²) in [4.78, 5) is 0. The van der Waals surface area contributed by atoms with Gasteiger partial charge in [-0.2, -0.15) is 0 Å². The molecule has 0 fully saturated rings. The van der Waals surface area contributed by atoms with Gasteiger partial charge in [-0.1, -0.05) is 72.3 Å². The van der Waals surface area contributed by atoms with Crippen LogP contribution >= 0.6 is 11.6 Å². The monoisotopic (exact) mass is 308 g/mol. The summed E-state index contributed by atoms with van der Waals surface area (Å²) in [7, 11) is -1.45. The molecule has 2 N–H and O–H groups in total. The van der Waals surface area contributed by atoms with Gasteiger partial charge in [-0.3, -0.25) is 0 Å². The molecular weight excluding hydrogens is 294 g/mol. The second-order valence-corrected chi connectivity index (χ2v) is 5.52. The predicted octanol–water partition coefficient (Wildman–Crippen LogP) is 3.35. The highest BCUT2D eigenvalue weighted by Gasteiger charge is 2.11.